The fraction of sp³-hybridized carbons (Fsp3) is 0.351. The Balaban J connectivity index is 1.52. The second-order valence-corrected chi connectivity index (χ2v) is 12.9. The first-order valence-corrected chi connectivity index (χ1v) is 14.2. The molecule has 3 aliphatic rings. The molecule has 38 heavy (non-hydrogen) atoms. The average Bonchev–Trinajstić information content (AvgIpc) is 3.85. The summed E-state index contributed by atoms with van der Waals surface area (Å²) in [4.78, 5) is 2.47. The summed E-state index contributed by atoms with van der Waals surface area (Å²) in [7, 11) is 0. The van der Waals surface area contributed by atoms with Crippen molar-refractivity contribution in [3.8, 4) is 22.3 Å². The number of hydrogen-bond donors (Lipinski definition) is 0. The van der Waals surface area contributed by atoms with Crippen LogP contribution in [0.1, 0.15) is 97.1 Å². The van der Waals surface area contributed by atoms with Crippen LogP contribution in [0.15, 0.2) is 84.9 Å². The van der Waals surface area contributed by atoms with E-state index in [9.17, 15) is 2.74 Å². The topological polar surface area (TPSA) is 3.24 Å². The van der Waals surface area contributed by atoms with Gasteiger partial charge in [0.05, 0.1) is 0 Å². The van der Waals surface area contributed by atoms with Crippen molar-refractivity contribution in [1.82, 2.24) is 0 Å². The predicted octanol–water partition coefficient (Wildman–Crippen LogP) is 10.4. The number of nitrogens with zero attached hydrogens (tertiary/aromatic N) is 1. The number of rotatable bonds is 5. The maximum Gasteiger partial charge on any atom is 0.0457 e. The van der Waals surface area contributed by atoms with Crippen molar-refractivity contribution in [2.75, 3.05) is 4.90 Å². The SMILES string of the molecule is [2H]C1(c2ccc(-c3ccccc3)cc2N(c2cc3c(cc2C2([2H])CC2)C(C)(C)c2ccccc2-3)C(C)(C)C)CC1. The third-order valence-corrected chi connectivity index (χ3v) is 8.72. The van der Waals surface area contributed by atoms with Gasteiger partial charge in [-0.1, -0.05) is 86.6 Å². The molecule has 0 amide bonds. The molecule has 3 aliphatic carbocycles. The van der Waals surface area contributed by atoms with Crippen LogP contribution in [-0.4, -0.2) is 5.54 Å². The normalized spacial score (nSPS) is 20.1. The molecule has 192 valence electrons. The van der Waals surface area contributed by atoms with Gasteiger partial charge in [-0.25, -0.2) is 0 Å². The highest BCUT2D eigenvalue weighted by atomic mass is 15.2. The van der Waals surface area contributed by atoms with Gasteiger partial charge >= 0.3 is 0 Å². The molecule has 4 aromatic carbocycles. The molecule has 0 atom stereocenters. The molecule has 1 heteroatoms. The molecule has 0 spiro atoms. The van der Waals surface area contributed by atoms with Crippen LogP contribution in [-0.2, 0) is 5.41 Å². The Kier molecular flexibility index (Phi) is 4.74. The fourth-order valence-corrected chi connectivity index (χ4v) is 6.55. The highest BCUT2D eigenvalue weighted by molar-refractivity contribution is 5.87. The summed E-state index contributed by atoms with van der Waals surface area (Å²) in [5.41, 5.74) is 11.7. The Morgan fingerprint density at radius 2 is 1.29 bits per heavy atom. The molecule has 0 aliphatic heterocycles. The Labute approximate surface area is 231 Å². The summed E-state index contributed by atoms with van der Waals surface area (Å²) < 4.78 is 18.7. The van der Waals surface area contributed by atoms with E-state index in [1.54, 1.807) is 0 Å². The lowest BCUT2D eigenvalue weighted by Crippen LogP contribution is -2.39. The van der Waals surface area contributed by atoms with Crippen molar-refractivity contribution in [1.29, 1.82) is 0 Å². The van der Waals surface area contributed by atoms with Crippen LogP contribution in [0.3, 0.4) is 0 Å². The number of hydrogen-bond acceptors (Lipinski definition) is 1. The highest BCUT2D eigenvalue weighted by Crippen LogP contribution is 2.56. The zero-order valence-corrected chi connectivity index (χ0v) is 23.4. The smallest absolute Gasteiger partial charge is 0.0457 e. The third kappa shape index (κ3) is 3.82. The van der Waals surface area contributed by atoms with E-state index in [1.807, 2.05) is 0 Å². The van der Waals surface area contributed by atoms with E-state index in [0.29, 0.717) is 0 Å². The van der Waals surface area contributed by atoms with Gasteiger partial charge in [-0.15, -0.1) is 0 Å². The van der Waals surface area contributed by atoms with Gasteiger partial charge in [0.25, 0.3) is 0 Å². The van der Waals surface area contributed by atoms with E-state index in [2.05, 4.69) is 124 Å². The van der Waals surface area contributed by atoms with Crippen LogP contribution in [0, 0.1) is 0 Å². The van der Waals surface area contributed by atoms with Crippen molar-refractivity contribution in [3.05, 3.63) is 107 Å². The largest absolute Gasteiger partial charge is 0.336 e. The number of fused-ring (bicyclic) bond motifs is 3. The van der Waals surface area contributed by atoms with Gasteiger partial charge in [0.1, 0.15) is 0 Å². The van der Waals surface area contributed by atoms with E-state index < -0.39 is 11.8 Å². The molecule has 0 heterocycles. The Hall–Kier alpha value is -3.32. The second-order valence-electron chi connectivity index (χ2n) is 12.9. The van der Waals surface area contributed by atoms with E-state index >= 15 is 0 Å². The molecule has 2 saturated carbocycles. The summed E-state index contributed by atoms with van der Waals surface area (Å²) in [6.45, 7) is 11.5. The molecule has 1 nitrogen and oxygen atoms in total. The van der Waals surface area contributed by atoms with Gasteiger partial charge in [-0.05, 0) is 115 Å². The molecular formula is C37H39N. The molecule has 0 aromatic heterocycles. The summed E-state index contributed by atoms with van der Waals surface area (Å²) in [6.07, 6.45) is 3.57. The highest BCUT2D eigenvalue weighted by Gasteiger charge is 2.41. The quantitative estimate of drug-likeness (QED) is 0.264. The van der Waals surface area contributed by atoms with Crippen molar-refractivity contribution >= 4 is 11.4 Å². The minimum atomic E-state index is -0.561. The van der Waals surface area contributed by atoms with Crippen molar-refractivity contribution < 1.29 is 2.74 Å². The van der Waals surface area contributed by atoms with E-state index in [4.69, 9.17) is 0 Å². The summed E-state index contributed by atoms with van der Waals surface area (Å²) in [6, 6.07) is 30.8. The molecule has 7 rings (SSSR count). The van der Waals surface area contributed by atoms with Crippen LogP contribution in [0.2, 0.25) is 0 Å². The van der Waals surface area contributed by atoms with Gasteiger partial charge in [0.15, 0.2) is 0 Å². The molecule has 2 fully saturated rings. The Morgan fingerprint density at radius 3 is 1.97 bits per heavy atom. The summed E-state index contributed by atoms with van der Waals surface area (Å²) >= 11 is 0. The molecule has 0 saturated heterocycles. The van der Waals surface area contributed by atoms with E-state index in [0.717, 1.165) is 48.2 Å². The van der Waals surface area contributed by atoms with Gasteiger partial charge in [0, 0.05) is 25.1 Å². The molecule has 0 unspecified atom stereocenters. The zero-order chi connectivity index (χ0) is 28.1. The first-order chi connectivity index (χ1) is 18.9. The lowest BCUT2D eigenvalue weighted by molar-refractivity contribution is 0.557. The average molecular weight is 500 g/mol. The van der Waals surface area contributed by atoms with Gasteiger partial charge < -0.3 is 4.90 Å². The number of benzene rings is 4. The molecule has 0 N–H and O–H groups in total. The van der Waals surface area contributed by atoms with Crippen LogP contribution in [0.5, 0.6) is 0 Å². The molecule has 0 bridgehead atoms. The molecular weight excluding hydrogens is 458 g/mol. The Morgan fingerprint density at radius 1 is 0.658 bits per heavy atom. The number of anilines is 2. The minimum absolute atomic E-state index is 0.103. The molecule has 0 radical (unpaired) electrons. The lowest BCUT2D eigenvalue weighted by Gasteiger charge is -2.41. The maximum absolute atomic E-state index is 9.44. The predicted molar refractivity (Wildman–Crippen MR) is 162 cm³/mol. The Bertz CT molecular complexity index is 1640. The van der Waals surface area contributed by atoms with Crippen LogP contribution in [0.25, 0.3) is 22.3 Å². The lowest BCUT2D eigenvalue weighted by atomic mass is 9.81. The first-order valence-electron chi connectivity index (χ1n) is 15.2. The van der Waals surface area contributed by atoms with Crippen molar-refractivity contribution in [3.63, 3.8) is 0 Å². The van der Waals surface area contributed by atoms with Crippen LogP contribution < -0.4 is 4.90 Å². The third-order valence-electron chi connectivity index (χ3n) is 8.72. The standard InChI is InChI=1S/C37H39N/c1-36(2,3)38(34-21-27(24-11-7-6-8-12-24)19-20-28(34)25-15-16-25)35-23-31-29-13-9-10-14-32(29)37(4,5)33(31)22-30(35)26-17-18-26/h6-14,19-23,25-26H,15-18H2,1-5H3/i25D,26D. The van der Waals surface area contributed by atoms with E-state index in [1.165, 1.54) is 33.4 Å². The molecule has 4 aromatic rings. The second kappa shape index (κ2) is 8.34. The van der Waals surface area contributed by atoms with Crippen LogP contribution >= 0.6 is 0 Å². The van der Waals surface area contributed by atoms with Gasteiger partial charge in [-0.2, -0.15) is 0 Å². The fourth-order valence-electron chi connectivity index (χ4n) is 6.55. The van der Waals surface area contributed by atoms with E-state index in [-0.39, 0.29) is 11.0 Å². The zero-order valence-electron chi connectivity index (χ0n) is 25.4. The minimum Gasteiger partial charge on any atom is -0.336 e. The first kappa shape index (κ1) is 21.6. The maximum atomic E-state index is 9.44. The van der Waals surface area contributed by atoms with Crippen molar-refractivity contribution in [2.45, 2.75) is 83.0 Å². The van der Waals surface area contributed by atoms with Gasteiger partial charge in [-0.3, -0.25) is 0 Å². The monoisotopic (exact) mass is 499 g/mol. The van der Waals surface area contributed by atoms with Crippen molar-refractivity contribution in [2.24, 2.45) is 0 Å². The summed E-state index contributed by atoms with van der Waals surface area (Å²) in [5.74, 6) is -1.11. The van der Waals surface area contributed by atoms with Gasteiger partial charge in [0.2, 0.25) is 0 Å². The van der Waals surface area contributed by atoms with Crippen LogP contribution in [0.4, 0.5) is 11.4 Å². The summed E-state index contributed by atoms with van der Waals surface area (Å²) in [5, 5.41) is 0.